The molecule has 6 heteroatoms. The maximum absolute atomic E-state index is 11.8. The van der Waals surface area contributed by atoms with Crippen LogP contribution in [0.4, 0.5) is 0 Å². The van der Waals surface area contributed by atoms with Crippen molar-refractivity contribution in [2.24, 2.45) is 5.92 Å². The van der Waals surface area contributed by atoms with Crippen LogP contribution in [0.5, 0.6) is 0 Å². The van der Waals surface area contributed by atoms with Crippen molar-refractivity contribution < 1.29 is 24.6 Å². The standard InChI is InChI=1S/C16H29NO5/c1-3-4-5-6-7-8-12(2)11-14(18)17-13(16(21)22)9-10-15(19)20/h12-13H,3-11H2,1-2H3,(H,17,18)(H,19,20)(H,21,22)/t12?,13-/m0/s1. The Morgan fingerprint density at radius 1 is 1.00 bits per heavy atom. The monoisotopic (exact) mass is 315 g/mol. The Kier molecular flexibility index (Phi) is 11.1. The van der Waals surface area contributed by atoms with Crippen LogP contribution in [0.15, 0.2) is 0 Å². The van der Waals surface area contributed by atoms with Gasteiger partial charge in [-0.05, 0) is 12.3 Å². The molecule has 0 fully saturated rings. The molecular weight excluding hydrogens is 286 g/mol. The van der Waals surface area contributed by atoms with Crippen LogP contribution in [-0.4, -0.2) is 34.1 Å². The van der Waals surface area contributed by atoms with Gasteiger partial charge in [0.05, 0.1) is 0 Å². The second-order valence-electron chi connectivity index (χ2n) is 5.90. The first-order chi connectivity index (χ1) is 10.4. The number of unbranched alkanes of at least 4 members (excludes halogenated alkanes) is 4. The topological polar surface area (TPSA) is 104 Å². The molecule has 1 amide bonds. The third kappa shape index (κ3) is 11.1. The maximum Gasteiger partial charge on any atom is 0.326 e. The van der Waals surface area contributed by atoms with Gasteiger partial charge in [0.2, 0.25) is 5.91 Å². The van der Waals surface area contributed by atoms with Crippen molar-refractivity contribution in [1.29, 1.82) is 0 Å². The molecule has 0 aromatic rings. The predicted octanol–water partition coefficient (Wildman–Crippen LogP) is 2.81. The van der Waals surface area contributed by atoms with Crippen LogP contribution in [0.3, 0.4) is 0 Å². The van der Waals surface area contributed by atoms with Gasteiger partial charge in [-0.15, -0.1) is 0 Å². The predicted molar refractivity (Wildman–Crippen MR) is 83.6 cm³/mol. The van der Waals surface area contributed by atoms with Gasteiger partial charge in [-0.3, -0.25) is 9.59 Å². The number of carbonyl (C=O) groups excluding carboxylic acids is 1. The molecule has 0 saturated carbocycles. The van der Waals surface area contributed by atoms with Crippen LogP contribution < -0.4 is 5.32 Å². The van der Waals surface area contributed by atoms with Crippen molar-refractivity contribution in [3.8, 4) is 0 Å². The molecule has 0 aromatic heterocycles. The van der Waals surface area contributed by atoms with Gasteiger partial charge in [0, 0.05) is 12.8 Å². The Balaban J connectivity index is 4.01. The minimum Gasteiger partial charge on any atom is -0.481 e. The molecule has 0 spiro atoms. The van der Waals surface area contributed by atoms with E-state index in [4.69, 9.17) is 10.2 Å². The third-order valence-electron chi connectivity index (χ3n) is 3.61. The van der Waals surface area contributed by atoms with Crippen LogP contribution in [0, 0.1) is 5.92 Å². The molecule has 0 saturated heterocycles. The van der Waals surface area contributed by atoms with E-state index in [1.165, 1.54) is 19.3 Å². The lowest BCUT2D eigenvalue weighted by Gasteiger charge is -2.16. The summed E-state index contributed by atoms with van der Waals surface area (Å²) in [7, 11) is 0. The van der Waals surface area contributed by atoms with E-state index >= 15 is 0 Å². The van der Waals surface area contributed by atoms with Gasteiger partial charge in [0.1, 0.15) is 6.04 Å². The lowest BCUT2D eigenvalue weighted by Crippen LogP contribution is -2.41. The highest BCUT2D eigenvalue weighted by atomic mass is 16.4. The van der Waals surface area contributed by atoms with E-state index in [2.05, 4.69) is 12.2 Å². The van der Waals surface area contributed by atoms with Gasteiger partial charge in [0.15, 0.2) is 0 Å². The van der Waals surface area contributed by atoms with Crippen LogP contribution in [0.2, 0.25) is 0 Å². The summed E-state index contributed by atoms with van der Waals surface area (Å²) < 4.78 is 0. The molecule has 3 N–H and O–H groups in total. The Hall–Kier alpha value is -1.59. The summed E-state index contributed by atoms with van der Waals surface area (Å²) in [6.45, 7) is 4.14. The molecule has 0 aliphatic rings. The smallest absolute Gasteiger partial charge is 0.326 e. The lowest BCUT2D eigenvalue weighted by molar-refractivity contribution is -0.143. The quantitative estimate of drug-likeness (QED) is 0.453. The van der Waals surface area contributed by atoms with Crippen LogP contribution in [-0.2, 0) is 14.4 Å². The summed E-state index contributed by atoms with van der Waals surface area (Å²) in [5.74, 6) is -2.38. The number of carboxylic acids is 2. The van der Waals surface area contributed by atoms with Crippen LogP contribution in [0.1, 0.15) is 71.6 Å². The molecule has 1 unspecified atom stereocenters. The van der Waals surface area contributed by atoms with Crippen molar-refractivity contribution in [3.63, 3.8) is 0 Å². The maximum atomic E-state index is 11.8. The summed E-state index contributed by atoms with van der Waals surface area (Å²) in [4.78, 5) is 33.3. The molecule has 22 heavy (non-hydrogen) atoms. The van der Waals surface area contributed by atoms with Crippen molar-refractivity contribution in [3.05, 3.63) is 0 Å². The Morgan fingerprint density at radius 2 is 1.64 bits per heavy atom. The lowest BCUT2D eigenvalue weighted by atomic mass is 9.98. The number of aliphatic carboxylic acids is 2. The number of amides is 1. The first-order valence-corrected chi connectivity index (χ1v) is 8.10. The van der Waals surface area contributed by atoms with Gasteiger partial charge >= 0.3 is 11.9 Å². The van der Waals surface area contributed by atoms with Gasteiger partial charge in [-0.1, -0.05) is 52.4 Å². The van der Waals surface area contributed by atoms with Gasteiger partial charge in [-0.2, -0.15) is 0 Å². The molecule has 0 rings (SSSR count). The van der Waals surface area contributed by atoms with E-state index in [0.717, 1.165) is 19.3 Å². The van der Waals surface area contributed by atoms with Crippen molar-refractivity contribution >= 4 is 17.8 Å². The zero-order valence-corrected chi connectivity index (χ0v) is 13.6. The highest BCUT2D eigenvalue weighted by Crippen LogP contribution is 2.14. The summed E-state index contributed by atoms with van der Waals surface area (Å²) in [5, 5.41) is 20.0. The van der Waals surface area contributed by atoms with Gasteiger partial charge < -0.3 is 15.5 Å². The van der Waals surface area contributed by atoms with E-state index in [0.29, 0.717) is 0 Å². The minimum absolute atomic E-state index is 0.0954. The van der Waals surface area contributed by atoms with E-state index < -0.39 is 18.0 Å². The average molecular weight is 315 g/mol. The van der Waals surface area contributed by atoms with Crippen molar-refractivity contribution in [2.75, 3.05) is 0 Å². The molecule has 0 aliphatic carbocycles. The number of hydrogen-bond donors (Lipinski definition) is 3. The number of carboxylic acid groups (broad SMARTS) is 2. The molecule has 6 nitrogen and oxygen atoms in total. The van der Waals surface area contributed by atoms with Crippen LogP contribution >= 0.6 is 0 Å². The molecule has 0 aliphatic heterocycles. The van der Waals surface area contributed by atoms with E-state index in [1.807, 2.05) is 6.92 Å². The van der Waals surface area contributed by atoms with E-state index in [1.54, 1.807) is 0 Å². The number of nitrogens with one attached hydrogen (secondary N) is 1. The Bertz CT molecular complexity index is 356. The number of carbonyl (C=O) groups is 3. The Labute approximate surface area is 132 Å². The molecule has 0 bridgehead atoms. The van der Waals surface area contributed by atoms with Gasteiger partial charge in [-0.25, -0.2) is 4.79 Å². The molecule has 0 heterocycles. The van der Waals surface area contributed by atoms with Crippen molar-refractivity contribution in [1.82, 2.24) is 5.32 Å². The fourth-order valence-corrected chi connectivity index (χ4v) is 2.29. The minimum atomic E-state index is -1.19. The SMILES string of the molecule is CCCCCCCC(C)CC(=O)N[C@@H](CCC(=O)O)C(=O)O. The summed E-state index contributed by atoms with van der Waals surface area (Å²) in [5.41, 5.74) is 0. The zero-order chi connectivity index (χ0) is 17.0. The fraction of sp³-hybridized carbons (Fsp3) is 0.812. The van der Waals surface area contributed by atoms with Gasteiger partial charge in [0.25, 0.3) is 0 Å². The number of hydrogen-bond acceptors (Lipinski definition) is 3. The largest absolute Gasteiger partial charge is 0.481 e. The van der Waals surface area contributed by atoms with E-state index in [-0.39, 0.29) is 31.1 Å². The molecular formula is C16H29NO5. The highest BCUT2D eigenvalue weighted by molar-refractivity contribution is 5.84. The Morgan fingerprint density at radius 3 is 2.18 bits per heavy atom. The summed E-state index contributed by atoms with van der Waals surface area (Å²) >= 11 is 0. The number of rotatable bonds is 13. The highest BCUT2D eigenvalue weighted by Gasteiger charge is 2.21. The van der Waals surface area contributed by atoms with Crippen molar-refractivity contribution in [2.45, 2.75) is 77.7 Å². The third-order valence-corrected chi connectivity index (χ3v) is 3.61. The fourth-order valence-electron chi connectivity index (χ4n) is 2.29. The zero-order valence-electron chi connectivity index (χ0n) is 13.6. The van der Waals surface area contributed by atoms with E-state index in [9.17, 15) is 14.4 Å². The molecule has 0 aromatic carbocycles. The normalized spacial score (nSPS) is 13.4. The van der Waals surface area contributed by atoms with Crippen LogP contribution in [0.25, 0.3) is 0 Å². The summed E-state index contributed by atoms with van der Waals surface area (Å²) in [6.07, 6.45) is 6.75. The summed E-state index contributed by atoms with van der Waals surface area (Å²) in [6, 6.07) is -1.12. The first kappa shape index (κ1) is 20.4. The second kappa shape index (κ2) is 12.0. The first-order valence-electron chi connectivity index (χ1n) is 8.10. The average Bonchev–Trinajstić information content (AvgIpc) is 2.42. The molecule has 0 radical (unpaired) electrons. The molecule has 2 atom stereocenters. The second-order valence-corrected chi connectivity index (χ2v) is 5.90. The molecule has 128 valence electrons.